The van der Waals surface area contributed by atoms with Gasteiger partial charge in [0.25, 0.3) is 0 Å². The van der Waals surface area contributed by atoms with Crippen LogP contribution in [0.25, 0.3) is 0 Å². The van der Waals surface area contributed by atoms with E-state index in [-0.39, 0.29) is 0 Å². The SMILES string of the molecule is Cc1ccc(C(C)C)cc1CC#N. The van der Waals surface area contributed by atoms with E-state index in [1.165, 1.54) is 11.1 Å². The van der Waals surface area contributed by atoms with E-state index in [2.05, 4.69) is 45.0 Å². The molecule has 68 valence electrons. The molecule has 1 heteroatoms. The highest BCUT2D eigenvalue weighted by atomic mass is 14.2. The number of hydrogen-bond donors (Lipinski definition) is 0. The van der Waals surface area contributed by atoms with Crippen molar-refractivity contribution in [2.45, 2.75) is 33.1 Å². The molecule has 0 heterocycles. The quantitative estimate of drug-likeness (QED) is 0.673. The molecule has 0 amide bonds. The lowest BCUT2D eigenvalue weighted by Gasteiger charge is -2.08. The summed E-state index contributed by atoms with van der Waals surface area (Å²) in [6, 6.07) is 8.57. The van der Waals surface area contributed by atoms with Gasteiger partial charge >= 0.3 is 0 Å². The third-order valence-electron chi connectivity index (χ3n) is 2.31. The molecule has 0 aliphatic carbocycles. The van der Waals surface area contributed by atoms with Crippen LogP contribution in [0.3, 0.4) is 0 Å². The smallest absolute Gasteiger partial charge is 0.0669 e. The predicted molar refractivity (Wildman–Crippen MR) is 54.6 cm³/mol. The summed E-state index contributed by atoms with van der Waals surface area (Å²) in [5.74, 6) is 0.540. The Balaban J connectivity index is 3.05. The molecule has 0 saturated heterocycles. The Bertz CT molecular complexity index is 331. The van der Waals surface area contributed by atoms with E-state index in [0.717, 1.165) is 5.56 Å². The van der Waals surface area contributed by atoms with Gasteiger partial charge in [0.15, 0.2) is 0 Å². The summed E-state index contributed by atoms with van der Waals surface area (Å²) >= 11 is 0. The minimum absolute atomic E-state index is 0.520. The van der Waals surface area contributed by atoms with E-state index in [1.807, 2.05) is 0 Å². The maximum Gasteiger partial charge on any atom is 0.0669 e. The van der Waals surface area contributed by atoms with Crippen molar-refractivity contribution in [1.82, 2.24) is 0 Å². The van der Waals surface area contributed by atoms with Gasteiger partial charge in [0, 0.05) is 0 Å². The molecule has 0 aliphatic heterocycles. The van der Waals surface area contributed by atoms with Crippen LogP contribution in [-0.4, -0.2) is 0 Å². The van der Waals surface area contributed by atoms with Gasteiger partial charge in [-0.2, -0.15) is 5.26 Å². The molecule has 1 rings (SSSR count). The highest BCUT2D eigenvalue weighted by Crippen LogP contribution is 2.18. The minimum Gasteiger partial charge on any atom is -0.198 e. The molecule has 0 aromatic heterocycles. The highest BCUT2D eigenvalue weighted by Gasteiger charge is 2.02. The van der Waals surface area contributed by atoms with Crippen LogP contribution in [0.15, 0.2) is 18.2 Å². The summed E-state index contributed by atoms with van der Waals surface area (Å²) < 4.78 is 0. The summed E-state index contributed by atoms with van der Waals surface area (Å²) in [5.41, 5.74) is 3.69. The third kappa shape index (κ3) is 2.32. The molecule has 0 saturated carbocycles. The van der Waals surface area contributed by atoms with Crippen LogP contribution in [0.4, 0.5) is 0 Å². The first-order valence-corrected chi connectivity index (χ1v) is 4.61. The largest absolute Gasteiger partial charge is 0.198 e. The molecule has 0 fully saturated rings. The zero-order valence-electron chi connectivity index (χ0n) is 8.46. The average molecular weight is 173 g/mol. The molecular formula is C12H15N. The van der Waals surface area contributed by atoms with Crippen molar-refractivity contribution in [2.75, 3.05) is 0 Å². The van der Waals surface area contributed by atoms with Gasteiger partial charge in [-0.1, -0.05) is 32.0 Å². The number of nitriles is 1. The molecule has 0 atom stereocenters. The van der Waals surface area contributed by atoms with Crippen LogP contribution in [-0.2, 0) is 6.42 Å². The molecular weight excluding hydrogens is 158 g/mol. The van der Waals surface area contributed by atoms with Crippen molar-refractivity contribution in [2.24, 2.45) is 0 Å². The van der Waals surface area contributed by atoms with Crippen LogP contribution in [0.2, 0.25) is 0 Å². The van der Waals surface area contributed by atoms with Gasteiger partial charge in [-0.3, -0.25) is 0 Å². The first-order chi connectivity index (χ1) is 6.15. The molecule has 0 radical (unpaired) electrons. The van der Waals surface area contributed by atoms with Gasteiger partial charge in [-0.15, -0.1) is 0 Å². The normalized spacial score (nSPS) is 10.1. The summed E-state index contributed by atoms with van der Waals surface area (Å²) in [6.07, 6.45) is 0.520. The molecule has 1 aromatic carbocycles. The minimum atomic E-state index is 0.520. The standard InChI is InChI=1S/C12H15N/c1-9(2)11-5-4-10(3)12(8-11)6-7-13/h4-5,8-9H,6H2,1-3H3. The lowest BCUT2D eigenvalue weighted by atomic mass is 9.97. The average Bonchev–Trinajstić information content (AvgIpc) is 2.08. The Hall–Kier alpha value is -1.29. The van der Waals surface area contributed by atoms with Crippen LogP contribution in [0.1, 0.15) is 36.5 Å². The lowest BCUT2D eigenvalue weighted by molar-refractivity contribution is 0.862. The van der Waals surface area contributed by atoms with Crippen molar-refractivity contribution in [3.8, 4) is 6.07 Å². The number of hydrogen-bond acceptors (Lipinski definition) is 1. The van der Waals surface area contributed by atoms with Crippen LogP contribution < -0.4 is 0 Å². The summed E-state index contributed by atoms with van der Waals surface area (Å²) in [6.45, 7) is 6.39. The summed E-state index contributed by atoms with van der Waals surface area (Å²) in [4.78, 5) is 0. The zero-order valence-corrected chi connectivity index (χ0v) is 8.46. The van der Waals surface area contributed by atoms with Crippen molar-refractivity contribution in [3.63, 3.8) is 0 Å². The molecule has 0 aliphatic rings. The summed E-state index contributed by atoms with van der Waals surface area (Å²) in [7, 11) is 0. The molecule has 0 N–H and O–H groups in total. The fourth-order valence-electron chi connectivity index (χ4n) is 1.33. The van der Waals surface area contributed by atoms with E-state index >= 15 is 0 Å². The lowest BCUT2D eigenvalue weighted by Crippen LogP contribution is -1.93. The van der Waals surface area contributed by atoms with Gasteiger partial charge < -0.3 is 0 Å². The van der Waals surface area contributed by atoms with E-state index in [0.29, 0.717) is 12.3 Å². The van der Waals surface area contributed by atoms with Crippen LogP contribution in [0, 0.1) is 18.3 Å². The Morgan fingerprint density at radius 1 is 1.38 bits per heavy atom. The van der Waals surface area contributed by atoms with Crippen LogP contribution >= 0.6 is 0 Å². The maximum atomic E-state index is 8.62. The third-order valence-corrected chi connectivity index (χ3v) is 2.31. The van der Waals surface area contributed by atoms with Gasteiger partial charge in [0.05, 0.1) is 12.5 Å². The predicted octanol–water partition coefficient (Wildman–Crippen LogP) is 3.18. The summed E-state index contributed by atoms with van der Waals surface area (Å²) in [5, 5.41) is 8.62. The Morgan fingerprint density at radius 2 is 2.08 bits per heavy atom. The van der Waals surface area contributed by atoms with Crippen LogP contribution in [0.5, 0.6) is 0 Å². The van der Waals surface area contributed by atoms with Crippen molar-refractivity contribution in [3.05, 3.63) is 34.9 Å². The van der Waals surface area contributed by atoms with Crippen molar-refractivity contribution < 1.29 is 0 Å². The highest BCUT2D eigenvalue weighted by molar-refractivity contribution is 5.34. The van der Waals surface area contributed by atoms with Gasteiger partial charge in [0.2, 0.25) is 0 Å². The Labute approximate surface area is 80.0 Å². The molecule has 13 heavy (non-hydrogen) atoms. The Morgan fingerprint density at radius 3 is 2.62 bits per heavy atom. The fraction of sp³-hybridized carbons (Fsp3) is 0.417. The molecule has 0 spiro atoms. The van der Waals surface area contributed by atoms with Crippen molar-refractivity contribution in [1.29, 1.82) is 5.26 Å². The van der Waals surface area contributed by atoms with E-state index in [4.69, 9.17) is 5.26 Å². The maximum absolute atomic E-state index is 8.62. The molecule has 1 aromatic rings. The number of rotatable bonds is 2. The second-order valence-corrected chi connectivity index (χ2v) is 3.68. The monoisotopic (exact) mass is 173 g/mol. The van der Waals surface area contributed by atoms with Gasteiger partial charge in [-0.05, 0) is 29.5 Å². The first kappa shape index (κ1) is 9.80. The molecule has 1 nitrogen and oxygen atoms in total. The molecule has 0 unspecified atom stereocenters. The van der Waals surface area contributed by atoms with Gasteiger partial charge in [-0.25, -0.2) is 0 Å². The number of benzene rings is 1. The second kappa shape index (κ2) is 4.09. The number of nitrogens with zero attached hydrogens (tertiary/aromatic N) is 1. The van der Waals surface area contributed by atoms with E-state index in [9.17, 15) is 0 Å². The van der Waals surface area contributed by atoms with E-state index in [1.54, 1.807) is 0 Å². The fourth-order valence-corrected chi connectivity index (χ4v) is 1.33. The first-order valence-electron chi connectivity index (χ1n) is 4.61. The zero-order chi connectivity index (χ0) is 9.84. The van der Waals surface area contributed by atoms with Gasteiger partial charge in [0.1, 0.15) is 0 Å². The second-order valence-electron chi connectivity index (χ2n) is 3.68. The number of aryl methyl sites for hydroxylation is 1. The Kier molecular flexibility index (Phi) is 3.08. The topological polar surface area (TPSA) is 23.8 Å². The van der Waals surface area contributed by atoms with Crippen molar-refractivity contribution >= 4 is 0 Å². The molecule has 0 bridgehead atoms. The van der Waals surface area contributed by atoms with E-state index < -0.39 is 0 Å².